The van der Waals surface area contributed by atoms with Crippen LogP contribution in [0.5, 0.6) is 0 Å². The van der Waals surface area contributed by atoms with Crippen molar-refractivity contribution < 1.29 is 4.79 Å². The SMILES string of the molecule is C[C@@H](Sc1ccc2nnc(-c3ncccn3)n2n1)C(=O)N1CCCCC1. The van der Waals surface area contributed by atoms with Crippen molar-refractivity contribution in [3.05, 3.63) is 30.6 Å². The smallest absolute Gasteiger partial charge is 0.235 e. The summed E-state index contributed by atoms with van der Waals surface area (Å²) in [4.78, 5) is 23.0. The molecule has 0 unspecified atom stereocenters. The van der Waals surface area contributed by atoms with Gasteiger partial charge in [0.1, 0.15) is 5.03 Å². The van der Waals surface area contributed by atoms with E-state index in [1.807, 2.05) is 24.0 Å². The highest BCUT2D eigenvalue weighted by atomic mass is 32.2. The first kappa shape index (κ1) is 16.9. The standard InChI is InChI=1S/C17H19N7OS/c1-12(17(25)23-10-3-2-4-11-23)26-14-7-6-13-20-21-16(24(13)22-14)15-18-8-5-9-19-15/h5-9,12H,2-4,10-11H2,1H3/t12-/m1/s1. The Bertz CT molecular complexity index is 908. The number of piperidine rings is 1. The molecular weight excluding hydrogens is 350 g/mol. The van der Waals surface area contributed by atoms with Gasteiger partial charge in [0.05, 0.1) is 5.25 Å². The second kappa shape index (κ2) is 7.36. The number of rotatable bonds is 4. The molecule has 1 saturated heterocycles. The van der Waals surface area contributed by atoms with Gasteiger partial charge in [-0.2, -0.15) is 9.61 Å². The fourth-order valence-electron chi connectivity index (χ4n) is 2.99. The van der Waals surface area contributed by atoms with Crippen molar-refractivity contribution in [3.8, 4) is 11.6 Å². The average molecular weight is 369 g/mol. The van der Waals surface area contributed by atoms with Crippen LogP contribution in [0.15, 0.2) is 35.6 Å². The zero-order valence-corrected chi connectivity index (χ0v) is 15.3. The number of nitrogens with zero attached hydrogens (tertiary/aromatic N) is 7. The monoisotopic (exact) mass is 369 g/mol. The topological polar surface area (TPSA) is 89.2 Å². The van der Waals surface area contributed by atoms with Gasteiger partial charge < -0.3 is 4.90 Å². The van der Waals surface area contributed by atoms with Crippen molar-refractivity contribution in [2.75, 3.05) is 13.1 Å². The van der Waals surface area contributed by atoms with Crippen molar-refractivity contribution in [3.63, 3.8) is 0 Å². The van der Waals surface area contributed by atoms with Crippen LogP contribution in [-0.2, 0) is 4.79 Å². The lowest BCUT2D eigenvalue weighted by Gasteiger charge is -2.28. The molecular formula is C17H19N7OS. The number of thioether (sulfide) groups is 1. The molecule has 9 heteroatoms. The molecule has 0 spiro atoms. The summed E-state index contributed by atoms with van der Waals surface area (Å²) in [5, 5.41) is 13.4. The van der Waals surface area contributed by atoms with Gasteiger partial charge in [-0.1, -0.05) is 11.8 Å². The van der Waals surface area contributed by atoms with E-state index in [1.165, 1.54) is 18.2 Å². The maximum Gasteiger partial charge on any atom is 0.235 e. The molecule has 1 atom stereocenters. The van der Waals surface area contributed by atoms with Crippen molar-refractivity contribution in [1.29, 1.82) is 0 Å². The molecule has 0 bridgehead atoms. The minimum absolute atomic E-state index is 0.173. The van der Waals surface area contributed by atoms with Crippen molar-refractivity contribution in [1.82, 2.24) is 34.7 Å². The zero-order valence-electron chi connectivity index (χ0n) is 14.4. The van der Waals surface area contributed by atoms with E-state index in [0.29, 0.717) is 17.3 Å². The Balaban J connectivity index is 1.56. The molecule has 134 valence electrons. The first-order chi connectivity index (χ1) is 12.7. The van der Waals surface area contributed by atoms with Gasteiger partial charge in [0.2, 0.25) is 11.7 Å². The van der Waals surface area contributed by atoms with E-state index in [4.69, 9.17) is 0 Å². The minimum atomic E-state index is -0.189. The highest BCUT2D eigenvalue weighted by molar-refractivity contribution is 8.00. The summed E-state index contributed by atoms with van der Waals surface area (Å²) in [6.07, 6.45) is 6.70. The van der Waals surface area contributed by atoms with Gasteiger partial charge in [0, 0.05) is 25.5 Å². The summed E-state index contributed by atoms with van der Waals surface area (Å²) < 4.78 is 1.62. The lowest BCUT2D eigenvalue weighted by molar-refractivity contribution is -0.131. The Labute approximate surface area is 155 Å². The summed E-state index contributed by atoms with van der Waals surface area (Å²) >= 11 is 1.45. The number of carbonyl (C=O) groups is 1. The van der Waals surface area contributed by atoms with Crippen LogP contribution in [-0.4, -0.2) is 58.9 Å². The van der Waals surface area contributed by atoms with Gasteiger partial charge in [0.25, 0.3) is 0 Å². The number of aromatic nitrogens is 6. The molecule has 26 heavy (non-hydrogen) atoms. The zero-order chi connectivity index (χ0) is 17.9. The molecule has 0 aromatic carbocycles. The summed E-state index contributed by atoms with van der Waals surface area (Å²) in [5.74, 6) is 1.12. The van der Waals surface area contributed by atoms with Crippen LogP contribution >= 0.6 is 11.8 Å². The van der Waals surface area contributed by atoms with Crippen LogP contribution in [0.4, 0.5) is 0 Å². The molecule has 0 saturated carbocycles. The molecule has 1 amide bonds. The highest BCUT2D eigenvalue weighted by Gasteiger charge is 2.23. The molecule has 1 fully saturated rings. The van der Waals surface area contributed by atoms with Crippen LogP contribution in [0.25, 0.3) is 17.3 Å². The fraction of sp³-hybridized carbons (Fsp3) is 0.412. The number of carbonyl (C=O) groups excluding carboxylic acids is 1. The van der Waals surface area contributed by atoms with Crippen molar-refractivity contribution >= 4 is 23.3 Å². The Morgan fingerprint density at radius 1 is 1.12 bits per heavy atom. The third kappa shape index (κ3) is 3.39. The predicted octanol–water partition coefficient (Wildman–Crippen LogP) is 2.07. The summed E-state index contributed by atoms with van der Waals surface area (Å²) in [6.45, 7) is 3.65. The molecule has 0 aliphatic carbocycles. The molecule has 1 aliphatic rings. The third-order valence-electron chi connectivity index (χ3n) is 4.32. The third-order valence-corrected chi connectivity index (χ3v) is 5.33. The maximum atomic E-state index is 12.6. The average Bonchev–Trinajstić information content (AvgIpc) is 3.12. The van der Waals surface area contributed by atoms with Gasteiger partial charge >= 0.3 is 0 Å². The number of hydrogen-bond acceptors (Lipinski definition) is 7. The number of fused-ring (bicyclic) bond motifs is 1. The second-order valence-corrected chi connectivity index (χ2v) is 7.54. The van der Waals surface area contributed by atoms with Crippen LogP contribution in [0.1, 0.15) is 26.2 Å². The minimum Gasteiger partial charge on any atom is -0.342 e. The maximum absolute atomic E-state index is 12.6. The number of amides is 1. The van der Waals surface area contributed by atoms with E-state index in [-0.39, 0.29) is 11.2 Å². The van der Waals surface area contributed by atoms with Crippen LogP contribution in [0, 0.1) is 0 Å². The normalized spacial score (nSPS) is 16.0. The van der Waals surface area contributed by atoms with Gasteiger partial charge in [-0.3, -0.25) is 4.79 Å². The molecule has 3 aromatic rings. The lowest BCUT2D eigenvalue weighted by atomic mass is 10.1. The van der Waals surface area contributed by atoms with E-state index >= 15 is 0 Å². The molecule has 1 aliphatic heterocycles. The quantitative estimate of drug-likeness (QED) is 0.650. The fourth-order valence-corrected chi connectivity index (χ4v) is 3.88. The molecule has 4 heterocycles. The van der Waals surface area contributed by atoms with E-state index in [9.17, 15) is 4.79 Å². The molecule has 0 radical (unpaired) electrons. The Morgan fingerprint density at radius 3 is 2.65 bits per heavy atom. The van der Waals surface area contributed by atoms with Crippen molar-refractivity contribution in [2.45, 2.75) is 36.5 Å². The Hall–Kier alpha value is -2.55. The molecule has 0 N–H and O–H groups in total. The lowest BCUT2D eigenvalue weighted by Crippen LogP contribution is -2.40. The van der Waals surface area contributed by atoms with Crippen LogP contribution < -0.4 is 0 Å². The van der Waals surface area contributed by atoms with Gasteiger partial charge in [0.15, 0.2) is 11.5 Å². The van der Waals surface area contributed by atoms with E-state index in [2.05, 4.69) is 25.3 Å². The van der Waals surface area contributed by atoms with Gasteiger partial charge in [-0.05, 0) is 44.4 Å². The van der Waals surface area contributed by atoms with E-state index < -0.39 is 0 Å². The van der Waals surface area contributed by atoms with Gasteiger partial charge in [-0.15, -0.1) is 10.2 Å². The largest absolute Gasteiger partial charge is 0.342 e. The van der Waals surface area contributed by atoms with E-state index in [1.54, 1.807) is 23.0 Å². The summed E-state index contributed by atoms with van der Waals surface area (Å²) in [5.41, 5.74) is 0.617. The molecule has 4 rings (SSSR count). The van der Waals surface area contributed by atoms with Crippen molar-refractivity contribution in [2.24, 2.45) is 0 Å². The highest BCUT2D eigenvalue weighted by Crippen LogP contribution is 2.25. The first-order valence-electron chi connectivity index (χ1n) is 8.68. The van der Waals surface area contributed by atoms with Crippen LogP contribution in [0.2, 0.25) is 0 Å². The molecule has 3 aromatic heterocycles. The van der Waals surface area contributed by atoms with Crippen LogP contribution in [0.3, 0.4) is 0 Å². The Morgan fingerprint density at radius 2 is 1.88 bits per heavy atom. The van der Waals surface area contributed by atoms with E-state index in [0.717, 1.165) is 31.0 Å². The Kier molecular flexibility index (Phi) is 4.79. The second-order valence-electron chi connectivity index (χ2n) is 6.18. The molecule has 8 nitrogen and oxygen atoms in total. The number of hydrogen-bond donors (Lipinski definition) is 0. The number of likely N-dealkylation sites (tertiary alicyclic amines) is 1. The van der Waals surface area contributed by atoms with Gasteiger partial charge in [-0.25, -0.2) is 9.97 Å². The predicted molar refractivity (Wildman–Crippen MR) is 97.6 cm³/mol. The first-order valence-corrected chi connectivity index (χ1v) is 9.55. The summed E-state index contributed by atoms with van der Waals surface area (Å²) in [6, 6.07) is 5.45. The summed E-state index contributed by atoms with van der Waals surface area (Å²) in [7, 11) is 0.